The van der Waals surface area contributed by atoms with Crippen LogP contribution in [0.15, 0.2) is 28.9 Å². The molecule has 1 amide bonds. The van der Waals surface area contributed by atoms with E-state index in [1.54, 1.807) is 11.0 Å². The van der Waals surface area contributed by atoms with Crippen molar-refractivity contribution in [1.29, 1.82) is 0 Å². The van der Waals surface area contributed by atoms with Crippen LogP contribution in [0.3, 0.4) is 0 Å². The fourth-order valence-corrected chi connectivity index (χ4v) is 3.50. The SMILES string of the molecule is Cc1n[nH]c(C)c1C1COCCN1C(=O)c1cc(F)cc2ccoc12. The number of amides is 1. The molecule has 25 heavy (non-hydrogen) atoms. The Balaban J connectivity index is 1.78. The van der Waals surface area contributed by atoms with Gasteiger partial charge in [-0.05, 0) is 32.0 Å². The number of H-pyrrole nitrogens is 1. The third-order valence-corrected chi connectivity index (χ3v) is 4.65. The van der Waals surface area contributed by atoms with Gasteiger partial charge in [0, 0.05) is 23.2 Å². The smallest absolute Gasteiger partial charge is 0.258 e. The van der Waals surface area contributed by atoms with Crippen molar-refractivity contribution in [2.45, 2.75) is 19.9 Å². The summed E-state index contributed by atoms with van der Waals surface area (Å²) in [5.74, 6) is -0.731. The number of aromatic nitrogens is 2. The van der Waals surface area contributed by atoms with E-state index in [2.05, 4.69) is 10.2 Å². The summed E-state index contributed by atoms with van der Waals surface area (Å²) in [7, 11) is 0. The van der Waals surface area contributed by atoms with E-state index >= 15 is 0 Å². The minimum atomic E-state index is -0.460. The molecule has 1 unspecified atom stereocenters. The van der Waals surface area contributed by atoms with Crippen molar-refractivity contribution in [3.05, 3.63) is 52.8 Å². The maximum absolute atomic E-state index is 13.9. The van der Waals surface area contributed by atoms with E-state index in [1.807, 2.05) is 13.8 Å². The van der Waals surface area contributed by atoms with Crippen LogP contribution >= 0.6 is 0 Å². The van der Waals surface area contributed by atoms with Gasteiger partial charge in [0.2, 0.25) is 0 Å². The quantitative estimate of drug-likeness (QED) is 0.776. The number of morpholine rings is 1. The number of furan rings is 1. The Morgan fingerprint density at radius 1 is 1.40 bits per heavy atom. The maximum Gasteiger partial charge on any atom is 0.258 e. The fourth-order valence-electron chi connectivity index (χ4n) is 3.50. The first-order valence-corrected chi connectivity index (χ1v) is 8.13. The second-order valence-corrected chi connectivity index (χ2v) is 6.23. The average Bonchev–Trinajstić information content (AvgIpc) is 3.20. The molecule has 1 aliphatic rings. The number of benzene rings is 1. The molecule has 0 aliphatic carbocycles. The highest BCUT2D eigenvalue weighted by molar-refractivity contribution is 6.05. The summed E-state index contributed by atoms with van der Waals surface area (Å²) in [5.41, 5.74) is 3.30. The minimum Gasteiger partial charge on any atom is -0.464 e. The summed E-state index contributed by atoms with van der Waals surface area (Å²) in [6, 6.07) is 3.97. The average molecular weight is 343 g/mol. The summed E-state index contributed by atoms with van der Waals surface area (Å²) in [5, 5.41) is 7.74. The summed E-state index contributed by atoms with van der Waals surface area (Å²) in [6.45, 7) is 5.05. The van der Waals surface area contributed by atoms with Crippen LogP contribution in [-0.4, -0.2) is 40.8 Å². The molecule has 1 fully saturated rings. The van der Waals surface area contributed by atoms with Crippen LogP contribution in [0.4, 0.5) is 4.39 Å². The molecule has 1 N–H and O–H groups in total. The molecule has 1 saturated heterocycles. The lowest BCUT2D eigenvalue weighted by atomic mass is 10.0. The van der Waals surface area contributed by atoms with E-state index in [0.29, 0.717) is 30.7 Å². The fraction of sp³-hybridized carbons (Fsp3) is 0.333. The van der Waals surface area contributed by atoms with Gasteiger partial charge in [-0.3, -0.25) is 9.89 Å². The number of aryl methyl sites for hydroxylation is 2. The number of hydrogen-bond acceptors (Lipinski definition) is 4. The van der Waals surface area contributed by atoms with Crippen molar-refractivity contribution >= 4 is 16.9 Å². The molecule has 0 spiro atoms. The van der Waals surface area contributed by atoms with E-state index < -0.39 is 5.82 Å². The number of fused-ring (bicyclic) bond motifs is 1. The van der Waals surface area contributed by atoms with Crippen LogP contribution in [0.1, 0.15) is 33.4 Å². The van der Waals surface area contributed by atoms with Crippen LogP contribution in [0.5, 0.6) is 0 Å². The molecule has 2 aromatic heterocycles. The van der Waals surface area contributed by atoms with E-state index in [1.165, 1.54) is 18.4 Å². The van der Waals surface area contributed by atoms with Crippen molar-refractivity contribution in [3.63, 3.8) is 0 Å². The molecular formula is C18H18FN3O3. The van der Waals surface area contributed by atoms with Gasteiger partial charge in [0.25, 0.3) is 5.91 Å². The van der Waals surface area contributed by atoms with E-state index in [0.717, 1.165) is 17.0 Å². The number of ether oxygens (including phenoxy) is 1. The Hall–Kier alpha value is -2.67. The first-order chi connectivity index (χ1) is 12.1. The predicted molar refractivity (Wildman–Crippen MR) is 88.8 cm³/mol. The second kappa shape index (κ2) is 6.00. The Kier molecular flexibility index (Phi) is 3.80. The lowest BCUT2D eigenvalue weighted by molar-refractivity contribution is -0.00298. The van der Waals surface area contributed by atoms with Crippen molar-refractivity contribution in [2.75, 3.05) is 19.8 Å². The van der Waals surface area contributed by atoms with Crippen molar-refractivity contribution in [2.24, 2.45) is 0 Å². The molecule has 1 aromatic carbocycles. The monoisotopic (exact) mass is 343 g/mol. The molecule has 6 nitrogen and oxygen atoms in total. The molecular weight excluding hydrogens is 325 g/mol. The first kappa shape index (κ1) is 15.8. The number of halogens is 1. The highest BCUT2D eigenvalue weighted by atomic mass is 19.1. The summed E-state index contributed by atoms with van der Waals surface area (Å²) >= 11 is 0. The molecule has 1 atom stereocenters. The topological polar surface area (TPSA) is 71.4 Å². The van der Waals surface area contributed by atoms with Crippen LogP contribution < -0.4 is 0 Å². The van der Waals surface area contributed by atoms with Crippen LogP contribution in [0, 0.1) is 19.7 Å². The third-order valence-electron chi connectivity index (χ3n) is 4.65. The zero-order chi connectivity index (χ0) is 17.6. The largest absolute Gasteiger partial charge is 0.464 e. The number of rotatable bonds is 2. The van der Waals surface area contributed by atoms with Crippen LogP contribution in [0.25, 0.3) is 11.0 Å². The Bertz CT molecular complexity index is 927. The van der Waals surface area contributed by atoms with Gasteiger partial charge in [-0.1, -0.05) is 0 Å². The minimum absolute atomic E-state index is 0.228. The van der Waals surface area contributed by atoms with Crippen LogP contribution in [-0.2, 0) is 4.74 Å². The molecule has 3 heterocycles. The molecule has 4 rings (SSSR count). The van der Waals surface area contributed by atoms with Gasteiger partial charge >= 0.3 is 0 Å². The molecule has 0 bridgehead atoms. The van der Waals surface area contributed by atoms with Gasteiger partial charge in [0.05, 0.1) is 36.8 Å². The summed E-state index contributed by atoms with van der Waals surface area (Å²) in [6.07, 6.45) is 1.46. The zero-order valence-corrected chi connectivity index (χ0v) is 14.0. The normalized spacial score (nSPS) is 18.0. The molecule has 3 aromatic rings. The Morgan fingerprint density at radius 3 is 3.00 bits per heavy atom. The number of carbonyl (C=O) groups is 1. The lowest BCUT2D eigenvalue weighted by Crippen LogP contribution is -2.43. The second-order valence-electron chi connectivity index (χ2n) is 6.23. The predicted octanol–water partition coefficient (Wildman–Crippen LogP) is 3.13. The van der Waals surface area contributed by atoms with Gasteiger partial charge in [-0.25, -0.2) is 4.39 Å². The maximum atomic E-state index is 13.9. The lowest BCUT2D eigenvalue weighted by Gasteiger charge is -2.36. The molecule has 130 valence electrons. The number of nitrogens with one attached hydrogen (secondary N) is 1. The summed E-state index contributed by atoms with van der Waals surface area (Å²) in [4.78, 5) is 14.9. The van der Waals surface area contributed by atoms with Gasteiger partial charge in [0.1, 0.15) is 11.4 Å². The standard InChI is InChI=1S/C18H18FN3O3/c1-10-16(11(2)21-20-10)15-9-24-6-4-22(15)18(23)14-8-13(19)7-12-3-5-25-17(12)14/h3,5,7-8,15H,4,6,9H2,1-2H3,(H,20,21). The van der Waals surface area contributed by atoms with E-state index in [-0.39, 0.29) is 17.5 Å². The molecule has 1 aliphatic heterocycles. The zero-order valence-electron chi connectivity index (χ0n) is 14.0. The van der Waals surface area contributed by atoms with Gasteiger partial charge < -0.3 is 14.1 Å². The third kappa shape index (κ3) is 2.60. The van der Waals surface area contributed by atoms with E-state index in [9.17, 15) is 9.18 Å². The molecule has 7 heteroatoms. The van der Waals surface area contributed by atoms with E-state index in [4.69, 9.17) is 9.15 Å². The van der Waals surface area contributed by atoms with Gasteiger partial charge in [-0.2, -0.15) is 5.10 Å². The Labute approximate surface area is 143 Å². The number of aromatic amines is 1. The highest BCUT2D eigenvalue weighted by Gasteiger charge is 2.33. The first-order valence-electron chi connectivity index (χ1n) is 8.13. The van der Waals surface area contributed by atoms with Crippen molar-refractivity contribution in [1.82, 2.24) is 15.1 Å². The Morgan fingerprint density at radius 2 is 2.24 bits per heavy atom. The summed E-state index contributed by atoms with van der Waals surface area (Å²) < 4.78 is 25.0. The molecule has 0 radical (unpaired) electrons. The molecule has 0 saturated carbocycles. The van der Waals surface area contributed by atoms with Gasteiger partial charge in [-0.15, -0.1) is 0 Å². The highest BCUT2D eigenvalue weighted by Crippen LogP contribution is 2.31. The van der Waals surface area contributed by atoms with Gasteiger partial charge in [0.15, 0.2) is 0 Å². The number of nitrogens with zero attached hydrogens (tertiary/aromatic N) is 2. The van der Waals surface area contributed by atoms with Crippen LogP contribution in [0.2, 0.25) is 0 Å². The van der Waals surface area contributed by atoms with Crippen molar-refractivity contribution in [3.8, 4) is 0 Å². The number of hydrogen-bond donors (Lipinski definition) is 1. The number of carbonyl (C=O) groups excluding carboxylic acids is 1. The van der Waals surface area contributed by atoms with Crippen molar-refractivity contribution < 1.29 is 18.3 Å².